The van der Waals surface area contributed by atoms with Crippen molar-refractivity contribution >= 4 is 5.91 Å². The van der Waals surface area contributed by atoms with Crippen LogP contribution >= 0.6 is 0 Å². The fourth-order valence-electron chi connectivity index (χ4n) is 1.58. The van der Waals surface area contributed by atoms with Crippen LogP contribution in [0.15, 0.2) is 0 Å². The number of β-amino-alcohol motifs (C(OH)–C–C–N with tert-alkyl or cyclic N) is 1. The van der Waals surface area contributed by atoms with Gasteiger partial charge in [0.15, 0.2) is 0 Å². The zero-order chi connectivity index (χ0) is 10.8. The van der Waals surface area contributed by atoms with Crippen LogP contribution in [-0.2, 0) is 4.79 Å². The molecule has 0 aromatic rings. The first-order valence-corrected chi connectivity index (χ1v) is 4.86. The molecule has 1 fully saturated rings. The average Bonchev–Trinajstić information content (AvgIpc) is 2.16. The van der Waals surface area contributed by atoms with Crippen LogP contribution in [-0.4, -0.2) is 35.1 Å². The van der Waals surface area contributed by atoms with Gasteiger partial charge in [-0.1, -0.05) is 0 Å². The number of aliphatic hydroxyl groups excluding tert-OH is 1. The van der Waals surface area contributed by atoms with Crippen molar-refractivity contribution in [2.24, 2.45) is 5.41 Å². The predicted molar refractivity (Wildman–Crippen MR) is 51.2 cm³/mol. The van der Waals surface area contributed by atoms with Gasteiger partial charge in [0.1, 0.15) is 5.41 Å². The van der Waals surface area contributed by atoms with Crippen LogP contribution in [0.5, 0.6) is 0 Å². The molecule has 0 saturated carbocycles. The lowest BCUT2D eigenvalue weighted by Crippen LogP contribution is -2.47. The summed E-state index contributed by atoms with van der Waals surface area (Å²) in [6, 6.07) is 1.98. The molecule has 0 unspecified atom stereocenters. The van der Waals surface area contributed by atoms with E-state index in [0.717, 1.165) is 12.8 Å². The summed E-state index contributed by atoms with van der Waals surface area (Å²) in [6.45, 7) is 4.23. The molecule has 4 nitrogen and oxygen atoms in total. The number of carbonyl (C=O) groups excluding carboxylic acids is 1. The zero-order valence-electron chi connectivity index (χ0n) is 8.66. The van der Waals surface area contributed by atoms with Gasteiger partial charge < -0.3 is 10.0 Å². The number of rotatable bonds is 1. The van der Waals surface area contributed by atoms with Gasteiger partial charge in [0.05, 0.1) is 12.2 Å². The summed E-state index contributed by atoms with van der Waals surface area (Å²) in [4.78, 5) is 13.4. The molecule has 14 heavy (non-hydrogen) atoms. The Bertz CT molecular complexity index is 268. The highest BCUT2D eigenvalue weighted by atomic mass is 16.3. The molecule has 1 atom stereocenters. The van der Waals surface area contributed by atoms with Gasteiger partial charge in [-0.15, -0.1) is 0 Å². The number of likely N-dealkylation sites (tertiary alicyclic amines) is 1. The number of nitrogens with zero attached hydrogens (tertiary/aromatic N) is 2. The van der Waals surface area contributed by atoms with Gasteiger partial charge in [0.25, 0.3) is 0 Å². The van der Waals surface area contributed by atoms with Gasteiger partial charge in [-0.3, -0.25) is 4.79 Å². The number of hydrogen-bond donors (Lipinski definition) is 1. The van der Waals surface area contributed by atoms with Crippen LogP contribution < -0.4 is 0 Å². The molecular formula is C10H16N2O2. The van der Waals surface area contributed by atoms with E-state index in [2.05, 4.69) is 0 Å². The van der Waals surface area contributed by atoms with Crippen molar-refractivity contribution in [1.82, 2.24) is 4.90 Å². The van der Waals surface area contributed by atoms with Crippen molar-refractivity contribution in [3.8, 4) is 6.07 Å². The van der Waals surface area contributed by atoms with E-state index in [1.165, 1.54) is 0 Å². The number of piperidine rings is 1. The third kappa shape index (κ3) is 2.24. The molecule has 1 saturated heterocycles. The zero-order valence-corrected chi connectivity index (χ0v) is 8.66. The van der Waals surface area contributed by atoms with Gasteiger partial charge >= 0.3 is 0 Å². The van der Waals surface area contributed by atoms with Crippen LogP contribution in [0.3, 0.4) is 0 Å². The van der Waals surface area contributed by atoms with Gasteiger partial charge in [0, 0.05) is 13.1 Å². The number of nitriles is 1. The molecule has 0 aromatic carbocycles. The van der Waals surface area contributed by atoms with Gasteiger partial charge in [0.2, 0.25) is 5.91 Å². The van der Waals surface area contributed by atoms with E-state index in [1.54, 1.807) is 18.7 Å². The summed E-state index contributed by atoms with van der Waals surface area (Å²) >= 11 is 0. The Morgan fingerprint density at radius 1 is 1.64 bits per heavy atom. The molecule has 1 amide bonds. The smallest absolute Gasteiger partial charge is 0.242 e. The number of carbonyl (C=O) groups is 1. The molecule has 1 aliphatic rings. The summed E-state index contributed by atoms with van der Waals surface area (Å²) in [5.41, 5.74) is -0.975. The fourth-order valence-corrected chi connectivity index (χ4v) is 1.58. The van der Waals surface area contributed by atoms with E-state index in [-0.39, 0.29) is 5.91 Å². The van der Waals surface area contributed by atoms with Crippen molar-refractivity contribution in [2.45, 2.75) is 32.8 Å². The lowest BCUT2D eigenvalue weighted by atomic mass is 9.92. The molecular weight excluding hydrogens is 180 g/mol. The van der Waals surface area contributed by atoms with E-state index in [1.807, 2.05) is 6.07 Å². The molecule has 78 valence electrons. The topological polar surface area (TPSA) is 64.3 Å². The minimum absolute atomic E-state index is 0.182. The lowest BCUT2D eigenvalue weighted by molar-refractivity contribution is -0.140. The van der Waals surface area contributed by atoms with Crippen molar-refractivity contribution in [3.05, 3.63) is 0 Å². The first-order chi connectivity index (χ1) is 6.47. The van der Waals surface area contributed by atoms with E-state index in [0.29, 0.717) is 13.1 Å². The quantitative estimate of drug-likeness (QED) is 0.665. The molecule has 0 bridgehead atoms. The van der Waals surface area contributed by atoms with Crippen molar-refractivity contribution in [3.63, 3.8) is 0 Å². The number of aliphatic hydroxyl groups is 1. The standard InChI is InChI=1S/C10H16N2O2/c1-10(2,7-11)9(14)12-5-3-4-8(13)6-12/h8,13H,3-6H2,1-2H3/t8-/m0/s1. The first kappa shape index (κ1) is 11.0. The summed E-state index contributed by atoms with van der Waals surface area (Å²) in [6.07, 6.45) is 1.13. The Balaban J connectivity index is 2.66. The van der Waals surface area contributed by atoms with E-state index < -0.39 is 11.5 Å². The maximum absolute atomic E-state index is 11.8. The molecule has 0 aromatic heterocycles. The highest BCUT2D eigenvalue weighted by Gasteiger charge is 2.34. The predicted octanol–water partition coefficient (Wildman–Crippen LogP) is 0.519. The van der Waals surface area contributed by atoms with Gasteiger partial charge in [-0.2, -0.15) is 5.26 Å². The van der Waals surface area contributed by atoms with Gasteiger partial charge in [-0.05, 0) is 26.7 Å². The highest BCUT2D eigenvalue weighted by Crippen LogP contribution is 2.20. The molecule has 1 N–H and O–H groups in total. The minimum atomic E-state index is -0.975. The maximum Gasteiger partial charge on any atom is 0.242 e. The monoisotopic (exact) mass is 196 g/mol. The van der Waals surface area contributed by atoms with Crippen molar-refractivity contribution in [1.29, 1.82) is 5.26 Å². The summed E-state index contributed by atoms with van der Waals surface area (Å²) < 4.78 is 0. The SMILES string of the molecule is CC(C)(C#N)C(=O)N1CCC[C@H](O)C1. The van der Waals surface area contributed by atoms with E-state index in [4.69, 9.17) is 5.26 Å². The molecule has 1 rings (SSSR count). The Labute approximate surface area is 84.1 Å². The molecule has 4 heteroatoms. The maximum atomic E-state index is 11.8. The average molecular weight is 196 g/mol. The summed E-state index contributed by atoms with van der Waals surface area (Å²) in [5, 5.41) is 18.2. The molecule has 0 aliphatic carbocycles. The third-order valence-electron chi connectivity index (χ3n) is 2.50. The van der Waals surface area contributed by atoms with Crippen LogP contribution in [0.1, 0.15) is 26.7 Å². The van der Waals surface area contributed by atoms with Gasteiger partial charge in [-0.25, -0.2) is 0 Å². The van der Waals surface area contributed by atoms with E-state index >= 15 is 0 Å². The van der Waals surface area contributed by atoms with Crippen LogP contribution in [0.4, 0.5) is 0 Å². The first-order valence-electron chi connectivity index (χ1n) is 4.86. The third-order valence-corrected chi connectivity index (χ3v) is 2.50. The van der Waals surface area contributed by atoms with Crippen molar-refractivity contribution in [2.75, 3.05) is 13.1 Å². The summed E-state index contributed by atoms with van der Waals surface area (Å²) in [7, 11) is 0. The Morgan fingerprint density at radius 3 is 2.79 bits per heavy atom. The van der Waals surface area contributed by atoms with Crippen LogP contribution in [0, 0.1) is 16.7 Å². The molecule has 0 radical (unpaired) electrons. The highest BCUT2D eigenvalue weighted by molar-refractivity contribution is 5.84. The second-order valence-corrected chi connectivity index (χ2v) is 4.28. The van der Waals surface area contributed by atoms with Crippen LogP contribution in [0.2, 0.25) is 0 Å². The van der Waals surface area contributed by atoms with E-state index in [9.17, 15) is 9.90 Å². The number of hydrogen-bond acceptors (Lipinski definition) is 3. The minimum Gasteiger partial charge on any atom is -0.391 e. The fraction of sp³-hybridized carbons (Fsp3) is 0.800. The Hall–Kier alpha value is -1.08. The van der Waals surface area contributed by atoms with Crippen LogP contribution in [0.25, 0.3) is 0 Å². The normalized spacial score (nSPS) is 23.0. The second-order valence-electron chi connectivity index (χ2n) is 4.28. The number of amides is 1. The Kier molecular flexibility index (Phi) is 3.12. The second kappa shape index (κ2) is 3.97. The largest absolute Gasteiger partial charge is 0.391 e. The lowest BCUT2D eigenvalue weighted by Gasteiger charge is -2.33. The van der Waals surface area contributed by atoms with Crippen molar-refractivity contribution < 1.29 is 9.90 Å². The molecule has 1 heterocycles. The summed E-state index contributed by atoms with van der Waals surface area (Å²) in [5.74, 6) is -0.182. The Morgan fingerprint density at radius 2 is 2.29 bits per heavy atom. The molecule has 0 spiro atoms. The molecule has 1 aliphatic heterocycles.